The van der Waals surface area contributed by atoms with Crippen molar-refractivity contribution in [2.24, 2.45) is 0 Å². The molecular formula is C3H3BrF3. The third-order valence-electron chi connectivity index (χ3n) is 0.309. The molecule has 0 saturated heterocycles. The highest BCUT2D eigenvalue weighted by atomic mass is 79.9. The minimum Gasteiger partial charge on any atom is -0.171 e. The van der Waals surface area contributed by atoms with Crippen LogP contribution in [-0.2, 0) is 0 Å². The normalized spacial score (nSPS) is 12.0. The molecule has 0 aromatic rings. The Kier molecular flexibility index (Phi) is 2.64. The van der Waals surface area contributed by atoms with Gasteiger partial charge in [-0.05, 0) is 0 Å². The Morgan fingerprint density at radius 3 is 1.86 bits per heavy atom. The van der Waals surface area contributed by atoms with E-state index in [4.69, 9.17) is 0 Å². The Balaban J connectivity index is 3.15. The van der Waals surface area contributed by atoms with Gasteiger partial charge in [0.25, 0.3) is 0 Å². The van der Waals surface area contributed by atoms with E-state index >= 15 is 0 Å². The van der Waals surface area contributed by atoms with Crippen LogP contribution < -0.4 is 0 Å². The van der Waals surface area contributed by atoms with Crippen molar-refractivity contribution in [1.29, 1.82) is 0 Å². The lowest BCUT2D eigenvalue weighted by atomic mass is 10.5. The lowest BCUT2D eigenvalue weighted by Crippen LogP contribution is -2.04. The van der Waals surface area contributed by atoms with E-state index in [1.165, 1.54) is 0 Å². The number of rotatable bonds is 1. The highest BCUT2D eigenvalue weighted by Gasteiger charge is 2.25. The molecule has 7 heavy (non-hydrogen) atoms. The van der Waals surface area contributed by atoms with Gasteiger partial charge >= 0.3 is 6.18 Å². The van der Waals surface area contributed by atoms with E-state index in [0.29, 0.717) is 0 Å². The zero-order valence-corrected chi connectivity index (χ0v) is 4.88. The Labute approximate surface area is 47.8 Å². The molecule has 0 aliphatic carbocycles. The third-order valence-corrected chi connectivity index (χ3v) is 0.632. The van der Waals surface area contributed by atoms with Gasteiger partial charge in [-0.15, -0.1) is 0 Å². The van der Waals surface area contributed by atoms with Crippen molar-refractivity contribution in [3.8, 4) is 0 Å². The molecule has 4 heteroatoms. The van der Waals surface area contributed by atoms with Crippen molar-refractivity contribution in [2.75, 3.05) is 0 Å². The summed E-state index contributed by atoms with van der Waals surface area (Å²) in [6, 6.07) is 0. The van der Waals surface area contributed by atoms with Gasteiger partial charge in [-0.1, -0.05) is 15.9 Å². The summed E-state index contributed by atoms with van der Waals surface area (Å²) in [5.41, 5.74) is 0. The summed E-state index contributed by atoms with van der Waals surface area (Å²) < 4.78 is 33.0. The molecule has 0 aliphatic heterocycles. The molecule has 0 aliphatic rings. The molecule has 0 spiro atoms. The molecule has 0 heterocycles. The number of halogens is 4. The molecule has 0 unspecified atom stereocenters. The van der Waals surface area contributed by atoms with Crippen LogP contribution in [-0.4, -0.2) is 6.18 Å². The van der Waals surface area contributed by atoms with Gasteiger partial charge in [0.2, 0.25) is 0 Å². The van der Waals surface area contributed by atoms with Gasteiger partial charge in [-0.2, -0.15) is 13.2 Å². The molecule has 0 aromatic carbocycles. The van der Waals surface area contributed by atoms with Crippen LogP contribution in [0.5, 0.6) is 0 Å². The number of hydrogen-bond acceptors (Lipinski definition) is 0. The SMILES string of the molecule is FC(F)(F)C[CH]Br. The molecule has 0 N–H and O–H groups in total. The van der Waals surface area contributed by atoms with E-state index in [1.54, 1.807) is 0 Å². The second kappa shape index (κ2) is 2.55. The van der Waals surface area contributed by atoms with Gasteiger partial charge in [0.15, 0.2) is 0 Å². The van der Waals surface area contributed by atoms with E-state index < -0.39 is 12.6 Å². The standard InChI is InChI=1S/C3H3BrF3/c4-2-1-3(5,6)7/h2H,1H2. The molecule has 0 nitrogen and oxygen atoms in total. The van der Waals surface area contributed by atoms with Crippen LogP contribution in [0.15, 0.2) is 0 Å². The summed E-state index contributed by atoms with van der Waals surface area (Å²) in [5, 5.41) is 0.896. The summed E-state index contributed by atoms with van der Waals surface area (Å²) in [5.74, 6) is 0. The van der Waals surface area contributed by atoms with Crippen LogP contribution in [0.4, 0.5) is 13.2 Å². The maximum absolute atomic E-state index is 11.0. The Morgan fingerprint density at radius 2 is 1.86 bits per heavy atom. The first-order valence-electron chi connectivity index (χ1n) is 1.55. The van der Waals surface area contributed by atoms with Gasteiger partial charge < -0.3 is 0 Å². The summed E-state index contributed by atoms with van der Waals surface area (Å²) in [6.07, 6.45) is -4.92. The van der Waals surface area contributed by atoms with Crippen LogP contribution in [0.3, 0.4) is 0 Å². The van der Waals surface area contributed by atoms with E-state index in [0.717, 1.165) is 5.33 Å². The molecule has 0 aromatic heterocycles. The van der Waals surface area contributed by atoms with Crippen LogP contribution in [0.25, 0.3) is 0 Å². The maximum Gasteiger partial charge on any atom is 0.390 e. The minimum atomic E-state index is -4.05. The van der Waals surface area contributed by atoms with E-state index in [9.17, 15) is 13.2 Å². The molecule has 0 saturated carbocycles. The predicted molar refractivity (Wildman–Crippen MR) is 23.9 cm³/mol. The Morgan fingerprint density at radius 1 is 1.43 bits per heavy atom. The largest absolute Gasteiger partial charge is 0.390 e. The fourth-order valence-corrected chi connectivity index (χ4v) is 0.455. The molecular weight excluding hydrogens is 173 g/mol. The van der Waals surface area contributed by atoms with Crippen molar-refractivity contribution in [3.63, 3.8) is 0 Å². The van der Waals surface area contributed by atoms with Crippen LogP contribution in [0.2, 0.25) is 0 Å². The topological polar surface area (TPSA) is 0 Å². The maximum atomic E-state index is 11.0. The number of hydrogen-bond donors (Lipinski definition) is 0. The lowest BCUT2D eigenvalue weighted by Gasteiger charge is -1.99. The second-order valence-corrected chi connectivity index (χ2v) is 1.62. The average Bonchev–Trinajstić information content (AvgIpc) is 1.30. The van der Waals surface area contributed by atoms with Crippen LogP contribution >= 0.6 is 15.9 Å². The summed E-state index contributed by atoms with van der Waals surface area (Å²) >= 11 is 2.54. The van der Waals surface area contributed by atoms with Crippen molar-refractivity contribution in [1.82, 2.24) is 0 Å². The van der Waals surface area contributed by atoms with Crippen LogP contribution in [0, 0.1) is 5.33 Å². The second-order valence-electron chi connectivity index (χ2n) is 0.974. The first-order valence-corrected chi connectivity index (χ1v) is 2.46. The molecule has 0 bridgehead atoms. The van der Waals surface area contributed by atoms with Crippen molar-refractivity contribution in [2.45, 2.75) is 12.6 Å². The zero-order chi connectivity index (χ0) is 5.91. The summed E-state index contributed by atoms with van der Waals surface area (Å²) in [6.45, 7) is 0. The van der Waals surface area contributed by atoms with Crippen molar-refractivity contribution < 1.29 is 13.2 Å². The monoisotopic (exact) mass is 175 g/mol. The van der Waals surface area contributed by atoms with Gasteiger partial charge in [0, 0.05) is 5.33 Å². The van der Waals surface area contributed by atoms with E-state index in [2.05, 4.69) is 15.9 Å². The van der Waals surface area contributed by atoms with Crippen LogP contribution in [0.1, 0.15) is 6.42 Å². The van der Waals surface area contributed by atoms with Crippen molar-refractivity contribution in [3.05, 3.63) is 5.33 Å². The van der Waals surface area contributed by atoms with E-state index in [1.807, 2.05) is 0 Å². The Bertz CT molecular complexity index is 48.6. The van der Waals surface area contributed by atoms with Crippen molar-refractivity contribution >= 4 is 15.9 Å². The highest BCUT2D eigenvalue weighted by molar-refractivity contribution is 9.10. The summed E-state index contributed by atoms with van der Waals surface area (Å²) in [7, 11) is 0. The number of alkyl halides is 3. The molecule has 43 valence electrons. The zero-order valence-electron chi connectivity index (χ0n) is 3.30. The lowest BCUT2D eigenvalue weighted by molar-refractivity contribution is -0.126. The quantitative estimate of drug-likeness (QED) is 0.575. The third kappa shape index (κ3) is 6.27. The molecule has 0 rings (SSSR count). The fourth-order valence-electron chi connectivity index (χ4n) is 0.0875. The Hall–Kier alpha value is 0.270. The molecule has 0 fully saturated rings. The highest BCUT2D eigenvalue weighted by Crippen LogP contribution is 2.21. The summed E-state index contributed by atoms with van der Waals surface area (Å²) in [4.78, 5) is 0. The smallest absolute Gasteiger partial charge is 0.171 e. The van der Waals surface area contributed by atoms with E-state index in [-0.39, 0.29) is 0 Å². The first-order chi connectivity index (χ1) is 3.06. The van der Waals surface area contributed by atoms with Gasteiger partial charge in [0.1, 0.15) is 0 Å². The fraction of sp³-hybridized carbons (Fsp3) is 0.667. The molecule has 0 amide bonds. The first kappa shape index (κ1) is 7.27. The minimum absolute atomic E-state index is 0.868. The average molecular weight is 176 g/mol. The van der Waals surface area contributed by atoms with Gasteiger partial charge in [-0.25, -0.2) is 0 Å². The molecule has 1 radical (unpaired) electrons. The van der Waals surface area contributed by atoms with Gasteiger partial charge in [-0.3, -0.25) is 0 Å². The van der Waals surface area contributed by atoms with Gasteiger partial charge in [0.05, 0.1) is 6.42 Å². The predicted octanol–water partition coefficient (Wildman–Crippen LogP) is 2.50. The molecule has 0 atom stereocenters.